The predicted molar refractivity (Wildman–Crippen MR) is 108 cm³/mol. The molecule has 1 amide bonds. The quantitative estimate of drug-likeness (QED) is 0.769. The number of carbonyl (C=O) groups excluding carboxylic acids is 1. The molecule has 1 heterocycles. The second kappa shape index (κ2) is 8.32. The van der Waals surface area contributed by atoms with Gasteiger partial charge in [0, 0.05) is 38.5 Å². The van der Waals surface area contributed by atoms with Gasteiger partial charge in [0.05, 0.1) is 17.6 Å². The van der Waals surface area contributed by atoms with Crippen LogP contribution in [0.4, 0.5) is 0 Å². The van der Waals surface area contributed by atoms with Crippen LogP contribution in [0.15, 0.2) is 53.4 Å². The lowest BCUT2D eigenvalue weighted by molar-refractivity contribution is 0.0579. The molecule has 7 heteroatoms. The van der Waals surface area contributed by atoms with E-state index < -0.39 is 9.84 Å². The van der Waals surface area contributed by atoms with E-state index in [2.05, 4.69) is 24.0 Å². The summed E-state index contributed by atoms with van der Waals surface area (Å²) in [6.07, 6.45) is 1.13. The Morgan fingerprint density at radius 3 is 2.25 bits per heavy atom. The van der Waals surface area contributed by atoms with E-state index in [0.717, 1.165) is 19.3 Å². The number of sulfone groups is 1. The summed E-state index contributed by atoms with van der Waals surface area (Å²) < 4.78 is 29.0. The molecule has 0 N–H and O–H groups in total. The molecule has 2 aromatic carbocycles. The molecule has 0 saturated carbocycles. The summed E-state index contributed by atoms with van der Waals surface area (Å²) in [4.78, 5) is 17.3. The third-order valence-corrected chi connectivity index (χ3v) is 6.37. The Morgan fingerprint density at radius 1 is 1.04 bits per heavy atom. The van der Waals surface area contributed by atoms with Crippen LogP contribution in [0, 0.1) is 0 Å². The SMILES string of the molecule is COc1ccc(S(C)(=O)=O)cc1C(=O)N1CCN(C(C)c2ccccc2)CC1. The molecule has 0 radical (unpaired) electrons. The number of nitrogens with zero attached hydrogens (tertiary/aromatic N) is 2. The molecule has 1 aliphatic rings. The molecule has 150 valence electrons. The van der Waals surface area contributed by atoms with Crippen molar-refractivity contribution in [1.82, 2.24) is 9.80 Å². The number of hydrogen-bond acceptors (Lipinski definition) is 5. The van der Waals surface area contributed by atoms with Crippen LogP contribution < -0.4 is 4.74 Å². The Bertz CT molecular complexity index is 936. The molecule has 0 aliphatic carbocycles. The van der Waals surface area contributed by atoms with E-state index in [0.29, 0.717) is 18.8 Å². The molecule has 1 fully saturated rings. The minimum Gasteiger partial charge on any atom is -0.496 e. The highest BCUT2D eigenvalue weighted by Gasteiger charge is 2.27. The van der Waals surface area contributed by atoms with Crippen molar-refractivity contribution in [1.29, 1.82) is 0 Å². The van der Waals surface area contributed by atoms with Crippen molar-refractivity contribution < 1.29 is 17.9 Å². The molecule has 28 heavy (non-hydrogen) atoms. The van der Waals surface area contributed by atoms with Gasteiger partial charge in [-0.2, -0.15) is 0 Å². The number of amides is 1. The molecule has 1 saturated heterocycles. The van der Waals surface area contributed by atoms with Crippen LogP contribution in [0.2, 0.25) is 0 Å². The van der Waals surface area contributed by atoms with Gasteiger partial charge < -0.3 is 9.64 Å². The summed E-state index contributed by atoms with van der Waals surface area (Å²) >= 11 is 0. The zero-order chi connectivity index (χ0) is 20.3. The highest BCUT2D eigenvalue weighted by molar-refractivity contribution is 7.90. The minimum atomic E-state index is -3.40. The lowest BCUT2D eigenvalue weighted by Gasteiger charge is -2.38. The number of piperazine rings is 1. The maximum Gasteiger partial charge on any atom is 0.257 e. The number of rotatable bonds is 5. The summed E-state index contributed by atoms with van der Waals surface area (Å²) in [6.45, 7) is 4.86. The monoisotopic (exact) mass is 402 g/mol. The first-order valence-electron chi connectivity index (χ1n) is 9.27. The lowest BCUT2D eigenvalue weighted by atomic mass is 10.1. The highest BCUT2D eigenvalue weighted by Crippen LogP contribution is 2.26. The molecule has 1 aliphatic heterocycles. The second-order valence-electron chi connectivity index (χ2n) is 7.05. The average molecular weight is 403 g/mol. The summed E-state index contributed by atoms with van der Waals surface area (Å²) in [5.74, 6) is 0.187. The van der Waals surface area contributed by atoms with Gasteiger partial charge >= 0.3 is 0 Å². The van der Waals surface area contributed by atoms with E-state index in [1.54, 1.807) is 4.90 Å². The largest absolute Gasteiger partial charge is 0.496 e. The molecule has 0 aromatic heterocycles. The van der Waals surface area contributed by atoms with Gasteiger partial charge in [-0.15, -0.1) is 0 Å². The van der Waals surface area contributed by atoms with Gasteiger partial charge in [0.2, 0.25) is 0 Å². The van der Waals surface area contributed by atoms with Crippen molar-refractivity contribution in [3.63, 3.8) is 0 Å². The van der Waals surface area contributed by atoms with Crippen molar-refractivity contribution in [2.24, 2.45) is 0 Å². The Morgan fingerprint density at radius 2 is 1.68 bits per heavy atom. The molecule has 2 aromatic rings. The van der Waals surface area contributed by atoms with Gasteiger partial charge in [-0.25, -0.2) is 8.42 Å². The molecule has 1 atom stereocenters. The van der Waals surface area contributed by atoms with Crippen molar-refractivity contribution in [3.05, 3.63) is 59.7 Å². The van der Waals surface area contributed by atoms with Crippen LogP contribution in [0.25, 0.3) is 0 Å². The Hall–Kier alpha value is -2.38. The summed E-state index contributed by atoms with van der Waals surface area (Å²) in [5.41, 5.74) is 1.54. The van der Waals surface area contributed by atoms with Crippen LogP contribution >= 0.6 is 0 Å². The number of ether oxygens (including phenoxy) is 1. The first kappa shape index (κ1) is 20.4. The van der Waals surface area contributed by atoms with Gasteiger partial charge in [-0.1, -0.05) is 30.3 Å². The fourth-order valence-electron chi connectivity index (χ4n) is 3.51. The maximum atomic E-state index is 13.0. The van der Waals surface area contributed by atoms with Gasteiger partial charge in [-0.3, -0.25) is 9.69 Å². The third-order valence-electron chi connectivity index (χ3n) is 5.26. The fraction of sp³-hybridized carbons (Fsp3) is 0.381. The van der Waals surface area contributed by atoms with Crippen molar-refractivity contribution in [2.75, 3.05) is 39.5 Å². The van der Waals surface area contributed by atoms with E-state index in [1.165, 1.54) is 30.9 Å². The summed E-state index contributed by atoms with van der Waals surface area (Å²) in [5, 5.41) is 0. The number of methoxy groups -OCH3 is 1. The van der Waals surface area contributed by atoms with Crippen molar-refractivity contribution in [3.8, 4) is 5.75 Å². The zero-order valence-corrected chi connectivity index (χ0v) is 17.3. The van der Waals surface area contributed by atoms with E-state index in [-0.39, 0.29) is 22.4 Å². The molecule has 3 rings (SSSR count). The van der Waals surface area contributed by atoms with Crippen LogP contribution in [0.5, 0.6) is 5.75 Å². The van der Waals surface area contributed by atoms with E-state index >= 15 is 0 Å². The number of benzene rings is 2. The van der Waals surface area contributed by atoms with Crippen LogP contribution in [0.1, 0.15) is 28.9 Å². The third kappa shape index (κ3) is 4.36. The molecule has 1 unspecified atom stereocenters. The minimum absolute atomic E-state index is 0.119. The van der Waals surface area contributed by atoms with E-state index in [4.69, 9.17) is 4.74 Å². The predicted octanol–water partition coefficient (Wildman–Crippen LogP) is 2.62. The first-order valence-corrected chi connectivity index (χ1v) is 11.2. The van der Waals surface area contributed by atoms with Crippen molar-refractivity contribution in [2.45, 2.75) is 17.9 Å². The van der Waals surface area contributed by atoms with Crippen LogP contribution in [-0.2, 0) is 9.84 Å². The topological polar surface area (TPSA) is 66.9 Å². The van der Waals surface area contributed by atoms with Gasteiger partial charge in [0.15, 0.2) is 9.84 Å². The summed E-state index contributed by atoms with van der Waals surface area (Å²) in [6, 6.07) is 15.0. The molecular weight excluding hydrogens is 376 g/mol. The van der Waals surface area contributed by atoms with Gasteiger partial charge in [-0.05, 0) is 30.7 Å². The molecule has 6 nitrogen and oxygen atoms in total. The standard InChI is InChI=1S/C21H26N2O4S/c1-16(17-7-5-4-6-8-17)22-11-13-23(14-12-22)21(24)19-15-18(28(3,25)26)9-10-20(19)27-2/h4-10,15-16H,11-14H2,1-3H3. The van der Waals surface area contributed by atoms with Crippen LogP contribution in [-0.4, -0.2) is 63.7 Å². The Balaban J connectivity index is 1.73. The zero-order valence-electron chi connectivity index (χ0n) is 16.5. The van der Waals surface area contributed by atoms with E-state index in [9.17, 15) is 13.2 Å². The first-order chi connectivity index (χ1) is 13.3. The maximum absolute atomic E-state index is 13.0. The normalized spacial score (nSPS) is 16.6. The highest BCUT2D eigenvalue weighted by atomic mass is 32.2. The number of hydrogen-bond donors (Lipinski definition) is 0. The fourth-order valence-corrected chi connectivity index (χ4v) is 4.16. The molecule has 0 spiro atoms. The van der Waals surface area contributed by atoms with Gasteiger partial charge in [0.1, 0.15) is 5.75 Å². The summed E-state index contributed by atoms with van der Waals surface area (Å²) in [7, 11) is -1.92. The van der Waals surface area contributed by atoms with Crippen LogP contribution in [0.3, 0.4) is 0 Å². The smallest absolute Gasteiger partial charge is 0.257 e. The molecule has 0 bridgehead atoms. The second-order valence-corrected chi connectivity index (χ2v) is 9.06. The average Bonchev–Trinajstić information content (AvgIpc) is 2.72. The van der Waals surface area contributed by atoms with Gasteiger partial charge in [0.25, 0.3) is 5.91 Å². The van der Waals surface area contributed by atoms with Crippen molar-refractivity contribution >= 4 is 15.7 Å². The molecular formula is C21H26N2O4S. The number of carbonyl (C=O) groups is 1. The Labute approximate surface area is 166 Å². The van der Waals surface area contributed by atoms with E-state index in [1.807, 2.05) is 18.2 Å². The Kier molecular flexibility index (Phi) is 6.05. The lowest BCUT2D eigenvalue weighted by Crippen LogP contribution is -2.49.